The second kappa shape index (κ2) is 7.67. The highest BCUT2D eigenvalue weighted by Crippen LogP contribution is 2.31. The zero-order chi connectivity index (χ0) is 13.4. The number of rotatable bonds is 7. The molecule has 0 radical (unpaired) electrons. The van der Waals surface area contributed by atoms with Crippen molar-refractivity contribution < 1.29 is 15.0 Å². The van der Waals surface area contributed by atoms with Gasteiger partial charge in [-0.3, -0.25) is 4.79 Å². The number of terminal acetylenes is 1. The van der Waals surface area contributed by atoms with Crippen molar-refractivity contribution in [3.8, 4) is 12.3 Å². The minimum Gasteiger partial charge on any atom is -0.481 e. The third kappa shape index (κ3) is 5.30. The zero-order valence-corrected chi connectivity index (χ0v) is 11.3. The molecule has 1 rings (SSSR count). The van der Waals surface area contributed by atoms with E-state index in [0.717, 1.165) is 12.3 Å². The Morgan fingerprint density at radius 2 is 2.17 bits per heavy atom. The third-order valence-corrected chi connectivity index (χ3v) is 4.19. The minimum atomic E-state index is -0.740. The van der Waals surface area contributed by atoms with Gasteiger partial charge in [0.1, 0.15) is 0 Å². The van der Waals surface area contributed by atoms with E-state index in [1.807, 2.05) is 0 Å². The molecule has 0 aromatic carbocycles. The Morgan fingerprint density at radius 3 is 2.72 bits per heavy atom. The fourth-order valence-electron chi connectivity index (χ4n) is 2.18. The van der Waals surface area contributed by atoms with Crippen molar-refractivity contribution in [3.05, 3.63) is 0 Å². The van der Waals surface area contributed by atoms with Gasteiger partial charge in [0.2, 0.25) is 0 Å². The van der Waals surface area contributed by atoms with Crippen LogP contribution in [0.3, 0.4) is 0 Å². The fourth-order valence-corrected chi connectivity index (χ4v) is 2.73. The molecule has 0 atom stereocenters. The lowest BCUT2D eigenvalue weighted by molar-refractivity contribution is -0.144. The summed E-state index contributed by atoms with van der Waals surface area (Å²) in [5.41, 5.74) is -0.733. The second-order valence-electron chi connectivity index (χ2n) is 4.77. The summed E-state index contributed by atoms with van der Waals surface area (Å²) in [7, 11) is 0. The molecule has 4 nitrogen and oxygen atoms in total. The molecule has 1 fully saturated rings. The molecule has 0 heterocycles. The molecule has 3 N–H and O–H groups in total. The molecule has 102 valence electrons. The first-order chi connectivity index (χ1) is 8.57. The van der Waals surface area contributed by atoms with E-state index in [1.165, 1.54) is 0 Å². The van der Waals surface area contributed by atoms with E-state index in [4.69, 9.17) is 11.5 Å². The molecule has 0 aromatic heterocycles. The van der Waals surface area contributed by atoms with Crippen molar-refractivity contribution in [2.75, 3.05) is 24.6 Å². The van der Waals surface area contributed by atoms with E-state index in [2.05, 4.69) is 11.2 Å². The number of hydrogen-bond acceptors (Lipinski definition) is 4. The number of carboxylic acid groups (broad SMARTS) is 1. The van der Waals surface area contributed by atoms with Gasteiger partial charge in [0.25, 0.3) is 0 Å². The predicted molar refractivity (Wildman–Crippen MR) is 73.6 cm³/mol. The number of aliphatic carboxylic acids is 1. The Kier molecular flexibility index (Phi) is 6.55. The van der Waals surface area contributed by atoms with Crippen molar-refractivity contribution >= 4 is 17.7 Å². The highest BCUT2D eigenvalue weighted by Gasteiger charge is 2.35. The van der Waals surface area contributed by atoms with Crippen LogP contribution in [0.25, 0.3) is 0 Å². The maximum atomic E-state index is 10.8. The predicted octanol–water partition coefficient (Wildman–Crippen LogP) is 0.948. The highest BCUT2D eigenvalue weighted by molar-refractivity contribution is 7.99. The van der Waals surface area contributed by atoms with Gasteiger partial charge >= 0.3 is 5.97 Å². The number of aliphatic hydroxyl groups is 1. The van der Waals surface area contributed by atoms with Crippen molar-refractivity contribution in [2.24, 2.45) is 5.92 Å². The lowest BCUT2D eigenvalue weighted by Crippen LogP contribution is -2.44. The lowest BCUT2D eigenvalue weighted by Gasteiger charge is -2.34. The SMILES string of the molecule is C#CCSCCNCC1(O)CCC(C(=O)O)CC1. The van der Waals surface area contributed by atoms with Gasteiger partial charge in [-0.15, -0.1) is 18.2 Å². The summed E-state index contributed by atoms with van der Waals surface area (Å²) in [5, 5.41) is 22.4. The number of carbonyl (C=O) groups is 1. The van der Waals surface area contributed by atoms with Gasteiger partial charge in [-0.1, -0.05) is 5.92 Å². The quantitative estimate of drug-likeness (QED) is 0.475. The normalized spacial score (nSPS) is 27.7. The number of thioether (sulfide) groups is 1. The summed E-state index contributed by atoms with van der Waals surface area (Å²) < 4.78 is 0. The molecule has 0 amide bonds. The standard InChI is InChI=1S/C13H21NO3S/c1-2-8-18-9-7-14-10-13(17)5-3-11(4-6-13)12(15)16/h1,11,14,17H,3-10H2,(H,15,16). The third-order valence-electron chi connectivity index (χ3n) is 3.33. The Morgan fingerprint density at radius 1 is 1.50 bits per heavy atom. The molecule has 5 heteroatoms. The first kappa shape index (κ1) is 15.4. The Balaban J connectivity index is 2.15. The molecule has 1 aliphatic carbocycles. The first-order valence-corrected chi connectivity index (χ1v) is 7.40. The van der Waals surface area contributed by atoms with E-state index in [0.29, 0.717) is 38.0 Å². The van der Waals surface area contributed by atoms with Crippen molar-refractivity contribution in [3.63, 3.8) is 0 Å². The Hall–Kier alpha value is -0.700. The van der Waals surface area contributed by atoms with Gasteiger partial charge in [0.05, 0.1) is 17.3 Å². The maximum absolute atomic E-state index is 10.8. The van der Waals surface area contributed by atoms with Crippen molar-refractivity contribution in [1.29, 1.82) is 0 Å². The molecule has 0 aliphatic heterocycles. The number of hydrogen-bond donors (Lipinski definition) is 3. The number of nitrogens with one attached hydrogen (secondary N) is 1. The molecule has 0 bridgehead atoms. The second-order valence-corrected chi connectivity index (χ2v) is 5.88. The van der Waals surface area contributed by atoms with Gasteiger partial charge in [-0.25, -0.2) is 0 Å². The van der Waals surface area contributed by atoms with Crippen LogP contribution in [-0.4, -0.2) is 46.4 Å². The molecular weight excluding hydrogens is 250 g/mol. The summed E-state index contributed by atoms with van der Waals surface area (Å²) >= 11 is 1.69. The largest absolute Gasteiger partial charge is 0.481 e. The smallest absolute Gasteiger partial charge is 0.306 e. The maximum Gasteiger partial charge on any atom is 0.306 e. The van der Waals surface area contributed by atoms with Crippen molar-refractivity contribution in [1.82, 2.24) is 5.32 Å². The van der Waals surface area contributed by atoms with Crippen LogP contribution in [0, 0.1) is 18.3 Å². The summed E-state index contributed by atoms with van der Waals surface area (Å²) in [6, 6.07) is 0. The molecule has 1 aliphatic rings. The molecule has 1 saturated carbocycles. The van der Waals surface area contributed by atoms with Crippen LogP contribution in [-0.2, 0) is 4.79 Å². The summed E-state index contributed by atoms with van der Waals surface area (Å²) in [6.45, 7) is 1.35. The first-order valence-electron chi connectivity index (χ1n) is 6.24. The topological polar surface area (TPSA) is 69.6 Å². The fraction of sp³-hybridized carbons (Fsp3) is 0.769. The number of carboxylic acids is 1. The zero-order valence-electron chi connectivity index (χ0n) is 10.5. The summed E-state index contributed by atoms with van der Waals surface area (Å²) in [4.78, 5) is 10.8. The van der Waals surface area contributed by atoms with Gasteiger partial charge in [-0.2, -0.15) is 0 Å². The van der Waals surface area contributed by atoms with E-state index >= 15 is 0 Å². The van der Waals surface area contributed by atoms with E-state index in [9.17, 15) is 9.90 Å². The molecule has 0 saturated heterocycles. The van der Waals surface area contributed by atoms with Gasteiger partial charge < -0.3 is 15.5 Å². The minimum absolute atomic E-state index is 0.281. The Labute approximate surface area is 113 Å². The van der Waals surface area contributed by atoms with E-state index in [1.54, 1.807) is 11.8 Å². The van der Waals surface area contributed by atoms with Gasteiger partial charge in [0, 0.05) is 18.8 Å². The average molecular weight is 271 g/mol. The van der Waals surface area contributed by atoms with Crippen molar-refractivity contribution in [2.45, 2.75) is 31.3 Å². The van der Waals surface area contributed by atoms with Crippen LogP contribution in [0.5, 0.6) is 0 Å². The summed E-state index contributed by atoms with van der Waals surface area (Å²) in [6.07, 6.45) is 7.40. The molecule has 0 aromatic rings. The van der Waals surface area contributed by atoms with Crippen LogP contribution in [0.2, 0.25) is 0 Å². The van der Waals surface area contributed by atoms with Gasteiger partial charge in [0.15, 0.2) is 0 Å². The Bertz CT molecular complexity index is 306. The van der Waals surface area contributed by atoms with Crippen LogP contribution in [0.4, 0.5) is 0 Å². The highest BCUT2D eigenvalue weighted by atomic mass is 32.2. The molecule has 18 heavy (non-hydrogen) atoms. The van der Waals surface area contributed by atoms with Crippen LogP contribution in [0.1, 0.15) is 25.7 Å². The monoisotopic (exact) mass is 271 g/mol. The molecule has 0 spiro atoms. The van der Waals surface area contributed by atoms with Crippen LogP contribution in [0.15, 0.2) is 0 Å². The molecule has 0 unspecified atom stereocenters. The molecular formula is C13H21NO3S. The lowest BCUT2D eigenvalue weighted by atomic mass is 9.79. The van der Waals surface area contributed by atoms with Crippen LogP contribution < -0.4 is 5.32 Å². The van der Waals surface area contributed by atoms with E-state index < -0.39 is 11.6 Å². The van der Waals surface area contributed by atoms with Gasteiger partial charge in [-0.05, 0) is 25.7 Å². The van der Waals surface area contributed by atoms with Crippen LogP contribution >= 0.6 is 11.8 Å². The summed E-state index contributed by atoms with van der Waals surface area (Å²) in [5.74, 6) is 3.18. The van der Waals surface area contributed by atoms with E-state index in [-0.39, 0.29) is 5.92 Å². The average Bonchev–Trinajstić information content (AvgIpc) is 2.34.